The van der Waals surface area contributed by atoms with Crippen LogP contribution in [0.2, 0.25) is 0 Å². The molecule has 0 radical (unpaired) electrons. The summed E-state index contributed by atoms with van der Waals surface area (Å²) >= 11 is 0. The van der Waals surface area contributed by atoms with Gasteiger partial charge in [-0.05, 0) is 60.2 Å². The van der Waals surface area contributed by atoms with Crippen LogP contribution in [0, 0.1) is 11.3 Å². The van der Waals surface area contributed by atoms with Crippen LogP contribution in [0.15, 0.2) is 54.1 Å². The van der Waals surface area contributed by atoms with Crippen LogP contribution in [0.4, 0.5) is 0 Å². The van der Waals surface area contributed by atoms with Gasteiger partial charge in [0.05, 0.1) is 0 Å². The van der Waals surface area contributed by atoms with E-state index in [2.05, 4.69) is 55.5 Å². The van der Waals surface area contributed by atoms with Crippen molar-refractivity contribution < 1.29 is 0 Å². The van der Waals surface area contributed by atoms with E-state index in [1.54, 1.807) is 0 Å². The molecule has 1 nitrogen and oxygen atoms in total. The van der Waals surface area contributed by atoms with Crippen LogP contribution in [-0.2, 0) is 0 Å². The topological polar surface area (TPSA) is 23.9 Å². The monoisotopic (exact) mass is 315 g/mol. The van der Waals surface area contributed by atoms with Crippen LogP contribution in [-0.4, -0.2) is 5.71 Å². The Hall–Kier alpha value is -2.15. The summed E-state index contributed by atoms with van der Waals surface area (Å²) < 4.78 is 0. The third kappa shape index (κ3) is 2.84. The van der Waals surface area contributed by atoms with Gasteiger partial charge in [-0.25, -0.2) is 0 Å². The Morgan fingerprint density at radius 1 is 1.00 bits per heavy atom. The number of fused-ring (bicyclic) bond motifs is 1. The molecule has 1 saturated carbocycles. The van der Waals surface area contributed by atoms with Crippen molar-refractivity contribution in [2.45, 2.75) is 45.4 Å². The van der Waals surface area contributed by atoms with Crippen molar-refractivity contribution in [3.05, 3.63) is 65.3 Å². The van der Waals surface area contributed by atoms with Gasteiger partial charge in [-0.2, -0.15) is 0 Å². The predicted octanol–water partition coefficient (Wildman–Crippen LogP) is 6.52. The van der Waals surface area contributed by atoms with Crippen molar-refractivity contribution in [1.29, 1.82) is 5.41 Å². The van der Waals surface area contributed by atoms with Crippen molar-refractivity contribution >= 4 is 22.1 Å². The lowest BCUT2D eigenvalue weighted by atomic mass is 9.80. The largest absolute Gasteiger partial charge is 0.304 e. The van der Waals surface area contributed by atoms with Gasteiger partial charge in [0.15, 0.2) is 0 Å². The minimum Gasteiger partial charge on any atom is -0.304 e. The summed E-state index contributed by atoms with van der Waals surface area (Å²) in [6, 6.07) is 13.1. The molecule has 122 valence electrons. The van der Waals surface area contributed by atoms with Crippen molar-refractivity contribution in [3.8, 4) is 0 Å². The fourth-order valence-corrected chi connectivity index (χ4v) is 4.19. The normalized spacial score (nSPS) is 18.5. The zero-order valence-electron chi connectivity index (χ0n) is 14.4. The van der Waals surface area contributed by atoms with Gasteiger partial charge in [0, 0.05) is 17.2 Å². The standard InChI is InChI=1S/C23H25N/c1-16-11-12-20(13-16)21-14-18-9-5-6-10-19(18)15-22(21)23(24)17-7-3-2-4-8-17/h5-6,9-11,13-15,17,24H,2-4,7-8,12H2,1H3. The van der Waals surface area contributed by atoms with E-state index in [1.165, 1.54) is 59.6 Å². The molecule has 0 aromatic heterocycles. The Balaban J connectivity index is 1.82. The van der Waals surface area contributed by atoms with Crippen LogP contribution in [0.3, 0.4) is 0 Å². The lowest BCUT2D eigenvalue weighted by molar-refractivity contribution is 0.438. The highest BCUT2D eigenvalue weighted by Crippen LogP contribution is 2.35. The first kappa shape index (κ1) is 15.4. The SMILES string of the molecule is CC1=CCC(c2cc3ccccc3cc2C(=N)C2CCCCC2)=C1. The van der Waals surface area contributed by atoms with Gasteiger partial charge in [0.25, 0.3) is 0 Å². The molecule has 0 amide bonds. The highest BCUT2D eigenvalue weighted by atomic mass is 14.5. The van der Waals surface area contributed by atoms with Crippen LogP contribution < -0.4 is 0 Å². The van der Waals surface area contributed by atoms with E-state index < -0.39 is 0 Å². The van der Waals surface area contributed by atoms with Crippen LogP contribution >= 0.6 is 0 Å². The summed E-state index contributed by atoms with van der Waals surface area (Å²) in [5.74, 6) is 0.440. The van der Waals surface area contributed by atoms with Crippen molar-refractivity contribution in [2.75, 3.05) is 0 Å². The van der Waals surface area contributed by atoms with Crippen molar-refractivity contribution in [3.63, 3.8) is 0 Å². The van der Waals surface area contributed by atoms with Gasteiger partial charge in [-0.15, -0.1) is 0 Å². The summed E-state index contributed by atoms with van der Waals surface area (Å²) in [5.41, 5.74) is 6.01. The fourth-order valence-electron chi connectivity index (χ4n) is 4.19. The molecule has 0 unspecified atom stereocenters. The molecule has 2 aromatic rings. The van der Waals surface area contributed by atoms with E-state index in [0.29, 0.717) is 5.92 Å². The van der Waals surface area contributed by atoms with Crippen LogP contribution in [0.5, 0.6) is 0 Å². The summed E-state index contributed by atoms with van der Waals surface area (Å²) in [4.78, 5) is 0. The van der Waals surface area contributed by atoms with Gasteiger partial charge in [0.2, 0.25) is 0 Å². The molecule has 2 aliphatic carbocycles. The second-order valence-electron chi connectivity index (χ2n) is 7.32. The second kappa shape index (κ2) is 6.39. The van der Waals surface area contributed by atoms with E-state index >= 15 is 0 Å². The zero-order chi connectivity index (χ0) is 16.5. The first-order chi connectivity index (χ1) is 11.7. The maximum atomic E-state index is 8.91. The number of hydrogen-bond acceptors (Lipinski definition) is 1. The van der Waals surface area contributed by atoms with E-state index in [-0.39, 0.29) is 0 Å². The Morgan fingerprint density at radius 2 is 1.71 bits per heavy atom. The first-order valence-electron chi connectivity index (χ1n) is 9.22. The minimum atomic E-state index is 0.440. The fraction of sp³-hybridized carbons (Fsp3) is 0.348. The quantitative estimate of drug-likeness (QED) is 0.623. The molecule has 1 N–H and O–H groups in total. The van der Waals surface area contributed by atoms with E-state index in [1.807, 2.05) is 0 Å². The van der Waals surface area contributed by atoms with Gasteiger partial charge in [-0.3, -0.25) is 0 Å². The van der Waals surface area contributed by atoms with Gasteiger partial charge in [0.1, 0.15) is 0 Å². The molecule has 0 bridgehead atoms. The molecule has 0 saturated heterocycles. The minimum absolute atomic E-state index is 0.440. The number of hydrogen-bond donors (Lipinski definition) is 1. The molecular weight excluding hydrogens is 290 g/mol. The molecule has 0 aliphatic heterocycles. The molecule has 2 aromatic carbocycles. The Kier molecular flexibility index (Phi) is 4.10. The Labute approximate surface area is 144 Å². The third-order valence-corrected chi connectivity index (χ3v) is 5.58. The molecule has 0 atom stereocenters. The zero-order valence-corrected chi connectivity index (χ0v) is 14.4. The molecule has 2 aliphatic rings. The van der Waals surface area contributed by atoms with Crippen molar-refractivity contribution in [1.82, 2.24) is 0 Å². The molecule has 4 rings (SSSR count). The Morgan fingerprint density at radius 3 is 2.38 bits per heavy atom. The number of allylic oxidation sites excluding steroid dienone is 4. The van der Waals surface area contributed by atoms with E-state index in [4.69, 9.17) is 5.41 Å². The molecule has 1 heteroatoms. The second-order valence-corrected chi connectivity index (χ2v) is 7.32. The highest BCUT2D eigenvalue weighted by Gasteiger charge is 2.23. The number of rotatable bonds is 3. The van der Waals surface area contributed by atoms with Crippen LogP contribution in [0.25, 0.3) is 16.3 Å². The van der Waals surface area contributed by atoms with E-state index in [9.17, 15) is 0 Å². The average Bonchev–Trinajstić information content (AvgIpc) is 3.07. The molecule has 0 spiro atoms. The van der Waals surface area contributed by atoms with Crippen molar-refractivity contribution in [2.24, 2.45) is 5.92 Å². The predicted molar refractivity (Wildman–Crippen MR) is 104 cm³/mol. The highest BCUT2D eigenvalue weighted by molar-refractivity contribution is 6.07. The summed E-state index contributed by atoms with van der Waals surface area (Å²) in [6.45, 7) is 2.17. The summed E-state index contributed by atoms with van der Waals surface area (Å²) in [5, 5.41) is 11.4. The summed E-state index contributed by atoms with van der Waals surface area (Å²) in [7, 11) is 0. The maximum absolute atomic E-state index is 8.91. The maximum Gasteiger partial charge on any atom is 0.0423 e. The van der Waals surface area contributed by atoms with Gasteiger partial charge >= 0.3 is 0 Å². The summed E-state index contributed by atoms with van der Waals surface area (Å²) in [6.07, 6.45) is 11.8. The molecule has 1 fully saturated rings. The first-order valence-corrected chi connectivity index (χ1v) is 9.22. The van der Waals surface area contributed by atoms with E-state index in [0.717, 1.165) is 17.7 Å². The molecule has 24 heavy (non-hydrogen) atoms. The van der Waals surface area contributed by atoms with Crippen LogP contribution in [0.1, 0.15) is 56.6 Å². The molecular formula is C23H25N. The lowest BCUT2D eigenvalue weighted by Crippen LogP contribution is -2.19. The van der Waals surface area contributed by atoms with Gasteiger partial charge in [-0.1, -0.05) is 61.3 Å². The third-order valence-electron chi connectivity index (χ3n) is 5.58. The van der Waals surface area contributed by atoms with Gasteiger partial charge < -0.3 is 5.41 Å². The molecule has 0 heterocycles. The smallest absolute Gasteiger partial charge is 0.0423 e. The lowest BCUT2D eigenvalue weighted by Gasteiger charge is -2.24. The number of nitrogens with one attached hydrogen (secondary N) is 1. The number of benzene rings is 2. The Bertz CT molecular complexity index is 847. The average molecular weight is 315 g/mol.